The van der Waals surface area contributed by atoms with Gasteiger partial charge < -0.3 is 20.1 Å². The summed E-state index contributed by atoms with van der Waals surface area (Å²) in [6.45, 7) is 0.467. The summed E-state index contributed by atoms with van der Waals surface area (Å²) < 4.78 is 4.68. The average molecular weight is 281 g/mol. The first-order chi connectivity index (χ1) is 9.54. The lowest BCUT2D eigenvalue weighted by Gasteiger charge is -2.42. The van der Waals surface area contributed by atoms with Crippen LogP contribution in [0.1, 0.15) is 5.56 Å². The van der Waals surface area contributed by atoms with Gasteiger partial charge in [0, 0.05) is 13.1 Å². The number of benzene rings is 1. The van der Waals surface area contributed by atoms with Crippen molar-refractivity contribution in [3.8, 4) is 0 Å². The Hall–Kier alpha value is -1.47. The molecule has 110 valence electrons. The van der Waals surface area contributed by atoms with E-state index in [0.29, 0.717) is 6.54 Å². The van der Waals surface area contributed by atoms with Gasteiger partial charge in [-0.15, -0.1) is 0 Å². The first-order valence-electron chi connectivity index (χ1n) is 6.44. The zero-order chi connectivity index (χ0) is 14.7. The molecule has 0 radical (unpaired) electrons. The van der Waals surface area contributed by atoms with Crippen LogP contribution >= 0.6 is 0 Å². The molecule has 2 rings (SSSR count). The molecule has 1 aliphatic rings. The molecule has 0 aliphatic carbocycles. The molecular formula is C14H19NO5. The van der Waals surface area contributed by atoms with Crippen molar-refractivity contribution in [3.63, 3.8) is 0 Å². The van der Waals surface area contributed by atoms with Gasteiger partial charge in [-0.1, -0.05) is 30.3 Å². The maximum absolute atomic E-state index is 11.8. The number of ether oxygens (including phenoxy) is 1. The number of methoxy groups -OCH3 is 1. The van der Waals surface area contributed by atoms with Gasteiger partial charge in [0.15, 0.2) is 0 Å². The van der Waals surface area contributed by atoms with Crippen LogP contribution in [0.3, 0.4) is 0 Å². The van der Waals surface area contributed by atoms with Crippen molar-refractivity contribution < 1.29 is 24.9 Å². The number of piperidine rings is 1. The molecular weight excluding hydrogens is 262 g/mol. The highest BCUT2D eigenvalue weighted by molar-refractivity contribution is 5.76. The van der Waals surface area contributed by atoms with Crippen LogP contribution in [0, 0.1) is 0 Å². The van der Waals surface area contributed by atoms with Crippen LogP contribution < -0.4 is 0 Å². The summed E-state index contributed by atoms with van der Waals surface area (Å²) in [4.78, 5) is 13.4. The number of hydrogen-bond donors (Lipinski definition) is 3. The fraction of sp³-hybridized carbons (Fsp3) is 0.500. The highest BCUT2D eigenvalue weighted by Gasteiger charge is 2.45. The van der Waals surface area contributed by atoms with Gasteiger partial charge in [-0.2, -0.15) is 0 Å². The van der Waals surface area contributed by atoms with Crippen LogP contribution in [0.15, 0.2) is 30.3 Å². The lowest BCUT2D eigenvalue weighted by Crippen LogP contribution is -2.63. The number of hydrogen-bond acceptors (Lipinski definition) is 6. The Labute approximate surface area is 117 Å². The summed E-state index contributed by atoms with van der Waals surface area (Å²) in [6.07, 6.45) is -3.84. The minimum absolute atomic E-state index is 0.0902. The average Bonchev–Trinajstić information content (AvgIpc) is 2.45. The summed E-state index contributed by atoms with van der Waals surface area (Å²) in [5.41, 5.74) is 0.942. The number of aliphatic hydroxyl groups is 3. The third-order valence-electron chi connectivity index (χ3n) is 3.55. The van der Waals surface area contributed by atoms with E-state index in [2.05, 4.69) is 4.74 Å². The van der Waals surface area contributed by atoms with Crippen molar-refractivity contribution in [2.45, 2.75) is 30.9 Å². The lowest BCUT2D eigenvalue weighted by molar-refractivity contribution is -0.174. The van der Waals surface area contributed by atoms with Gasteiger partial charge >= 0.3 is 5.97 Å². The number of nitrogens with zero attached hydrogens (tertiary/aromatic N) is 1. The van der Waals surface area contributed by atoms with Gasteiger partial charge in [0.1, 0.15) is 18.2 Å². The zero-order valence-corrected chi connectivity index (χ0v) is 11.2. The molecule has 1 aliphatic heterocycles. The maximum atomic E-state index is 11.8. The number of β-amino-alcohol motifs (C(OH)–C–C–N with tert-alkyl or cyclic N) is 1. The van der Waals surface area contributed by atoms with E-state index in [1.54, 1.807) is 4.90 Å². The number of rotatable bonds is 3. The lowest BCUT2D eigenvalue weighted by atomic mass is 9.93. The molecule has 0 unspecified atom stereocenters. The van der Waals surface area contributed by atoms with Crippen LogP contribution in [0.25, 0.3) is 0 Å². The summed E-state index contributed by atoms with van der Waals surface area (Å²) in [5.74, 6) is -0.626. The van der Waals surface area contributed by atoms with Gasteiger partial charge in [0.2, 0.25) is 0 Å². The SMILES string of the molecule is COC(=O)[C@@H]1[C@@H](O)[C@@H](O)[C@H](O)CN1Cc1ccccc1. The molecule has 1 saturated heterocycles. The quantitative estimate of drug-likeness (QED) is 0.624. The summed E-state index contributed by atoms with van der Waals surface area (Å²) in [5, 5.41) is 29.5. The summed E-state index contributed by atoms with van der Waals surface area (Å²) in [6, 6.07) is 8.40. The van der Waals surface area contributed by atoms with Crippen LogP contribution in [-0.4, -0.2) is 64.2 Å². The van der Waals surface area contributed by atoms with Crippen molar-refractivity contribution in [3.05, 3.63) is 35.9 Å². The highest BCUT2D eigenvalue weighted by atomic mass is 16.5. The van der Waals surface area contributed by atoms with Gasteiger partial charge in [0.05, 0.1) is 13.2 Å². The third-order valence-corrected chi connectivity index (χ3v) is 3.55. The van der Waals surface area contributed by atoms with Crippen LogP contribution in [0.4, 0.5) is 0 Å². The van der Waals surface area contributed by atoms with Crippen molar-refractivity contribution >= 4 is 5.97 Å². The van der Waals surface area contributed by atoms with Crippen LogP contribution in [0.2, 0.25) is 0 Å². The summed E-state index contributed by atoms with van der Waals surface area (Å²) >= 11 is 0. The van der Waals surface area contributed by atoms with E-state index in [4.69, 9.17) is 0 Å². The van der Waals surface area contributed by atoms with Crippen molar-refractivity contribution in [1.82, 2.24) is 4.90 Å². The van der Waals surface area contributed by atoms with Crippen molar-refractivity contribution in [1.29, 1.82) is 0 Å². The molecule has 0 amide bonds. The molecule has 4 atom stereocenters. The van der Waals surface area contributed by atoms with Crippen LogP contribution in [-0.2, 0) is 16.1 Å². The van der Waals surface area contributed by atoms with E-state index in [-0.39, 0.29) is 6.54 Å². The first kappa shape index (κ1) is 14.9. The van der Waals surface area contributed by atoms with Gasteiger partial charge in [0.25, 0.3) is 0 Å². The Morgan fingerprint density at radius 2 is 1.90 bits per heavy atom. The number of carbonyl (C=O) groups excluding carboxylic acids is 1. The Bertz CT molecular complexity index is 452. The second-order valence-electron chi connectivity index (χ2n) is 4.93. The number of carbonyl (C=O) groups is 1. The molecule has 0 bridgehead atoms. The van der Waals surface area contributed by atoms with E-state index < -0.39 is 30.3 Å². The van der Waals surface area contributed by atoms with Gasteiger partial charge in [-0.25, -0.2) is 0 Å². The second-order valence-corrected chi connectivity index (χ2v) is 4.93. The maximum Gasteiger partial charge on any atom is 0.325 e. The fourth-order valence-electron chi connectivity index (χ4n) is 2.48. The molecule has 0 saturated carbocycles. The third kappa shape index (κ3) is 2.99. The molecule has 20 heavy (non-hydrogen) atoms. The summed E-state index contributed by atoms with van der Waals surface area (Å²) in [7, 11) is 1.23. The standard InChI is InChI=1S/C14H19NO5/c1-20-14(19)11-13(18)12(17)10(16)8-15(11)7-9-5-3-2-4-6-9/h2-6,10-13,16-18H,7-8H2,1H3/t10-,11+,12+,13-/m1/s1. The Kier molecular flexibility index (Phi) is 4.72. The molecule has 3 N–H and O–H groups in total. The predicted octanol–water partition coefficient (Wildman–Crippen LogP) is -0.873. The molecule has 1 heterocycles. The topological polar surface area (TPSA) is 90.2 Å². The second kappa shape index (κ2) is 6.32. The van der Waals surface area contributed by atoms with E-state index >= 15 is 0 Å². The van der Waals surface area contributed by atoms with Gasteiger partial charge in [-0.3, -0.25) is 9.69 Å². The van der Waals surface area contributed by atoms with Crippen molar-refractivity contribution in [2.24, 2.45) is 0 Å². The van der Waals surface area contributed by atoms with E-state index in [0.717, 1.165) is 5.56 Å². The van der Waals surface area contributed by atoms with Crippen molar-refractivity contribution in [2.75, 3.05) is 13.7 Å². The molecule has 1 fully saturated rings. The Morgan fingerprint density at radius 1 is 1.25 bits per heavy atom. The minimum atomic E-state index is -1.38. The van der Waals surface area contributed by atoms with E-state index in [1.807, 2.05) is 30.3 Å². The predicted molar refractivity (Wildman–Crippen MR) is 70.7 cm³/mol. The molecule has 1 aromatic carbocycles. The first-order valence-corrected chi connectivity index (χ1v) is 6.44. The van der Waals surface area contributed by atoms with Gasteiger partial charge in [-0.05, 0) is 5.56 Å². The smallest absolute Gasteiger partial charge is 0.325 e. The normalized spacial score (nSPS) is 31.0. The minimum Gasteiger partial charge on any atom is -0.468 e. The number of esters is 1. The number of likely N-dealkylation sites (tertiary alicyclic amines) is 1. The molecule has 6 heteroatoms. The zero-order valence-electron chi connectivity index (χ0n) is 11.2. The Morgan fingerprint density at radius 3 is 2.50 bits per heavy atom. The Balaban J connectivity index is 2.20. The fourth-order valence-corrected chi connectivity index (χ4v) is 2.48. The van der Waals surface area contributed by atoms with E-state index in [9.17, 15) is 20.1 Å². The van der Waals surface area contributed by atoms with Crippen LogP contribution in [0.5, 0.6) is 0 Å². The largest absolute Gasteiger partial charge is 0.468 e. The molecule has 1 aromatic rings. The molecule has 6 nitrogen and oxygen atoms in total. The molecule has 0 spiro atoms. The number of aliphatic hydroxyl groups excluding tert-OH is 3. The highest BCUT2D eigenvalue weighted by Crippen LogP contribution is 2.22. The van der Waals surface area contributed by atoms with E-state index in [1.165, 1.54) is 7.11 Å². The molecule has 0 aromatic heterocycles. The monoisotopic (exact) mass is 281 g/mol.